The molecule has 0 aromatic heterocycles. The van der Waals surface area contributed by atoms with E-state index in [4.69, 9.17) is 10.2 Å². The minimum atomic E-state index is -0.802. The monoisotopic (exact) mass is 142 g/mol. The minimum absolute atomic E-state index is 0.0347. The van der Waals surface area contributed by atoms with Crippen LogP contribution in [0.5, 0.6) is 0 Å². The van der Waals surface area contributed by atoms with Crippen LogP contribution in [0.25, 0.3) is 0 Å². The van der Waals surface area contributed by atoms with Crippen LogP contribution in [-0.2, 0) is 4.79 Å². The zero-order valence-electron chi connectivity index (χ0n) is 5.53. The Morgan fingerprint density at radius 1 is 1.60 bits per heavy atom. The molecule has 0 aliphatic heterocycles. The van der Waals surface area contributed by atoms with Crippen molar-refractivity contribution in [1.82, 2.24) is 0 Å². The standard InChI is InChI=1S/C7H10O3/c8-6-2-1-5(3-6)4-7(9)10/h1-2,5-6,8H,3-4H2,(H,9,10)/t5-,6-/m1/s1. The Morgan fingerprint density at radius 3 is 2.70 bits per heavy atom. The van der Waals surface area contributed by atoms with Crippen LogP contribution in [0, 0.1) is 5.92 Å². The molecule has 0 unspecified atom stereocenters. The quantitative estimate of drug-likeness (QED) is 0.548. The number of aliphatic hydroxyl groups excluding tert-OH is 1. The number of hydrogen-bond acceptors (Lipinski definition) is 2. The van der Waals surface area contributed by atoms with Crippen molar-refractivity contribution in [2.45, 2.75) is 18.9 Å². The third-order valence-electron chi connectivity index (χ3n) is 1.59. The molecule has 0 aromatic rings. The van der Waals surface area contributed by atoms with Gasteiger partial charge in [-0.3, -0.25) is 4.79 Å². The molecule has 3 nitrogen and oxygen atoms in total. The zero-order chi connectivity index (χ0) is 7.56. The lowest BCUT2D eigenvalue weighted by Gasteiger charge is -2.03. The highest BCUT2D eigenvalue weighted by Gasteiger charge is 2.18. The topological polar surface area (TPSA) is 57.5 Å². The Balaban J connectivity index is 2.33. The maximum absolute atomic E-state index is 10.1. The van der Waals surface area contributed by atoms with Gasteiger partial charge in [0.25, 0.3) is 0 Å². The minimum Gasteiger partial charge on any atom is -0.481 e. The molecule has 2 atom stereocenters. The van der Waals surface area contributed by atoms with E-state index in [1.807, 2.05) is 0 Å². The summed E-state index contributed by atoms with van der Waals surface area (Å²) >= 11 is 0. The van der Waals surface area contributed by atoms with E-state index >= 15 is 0 Å². The zero-order valence-corrected chi connectivity index (χ0v) is 5.53. The van der Waals surface area contributed by atoms with Gasteiger partial charge in [-0.2, -0.15) is 0 Å². The van der Waals surface area contributed by atoms with Gasteiger partial charge in [0.05, 0.1) is 12.5 Å². The van der Waals surface area contributed by atoms with Gasteiger partial charge in [-0.25, -0.2) is 0 Å². The molecule has 3 heteroatoms. The van der Waals surface area contributed by atoms with Crippen LogP contribution < -0.4 is 0 Å². The van der Waals surface area contributed by atoms with Gasteiger partial charge in [0.1, 0.15) is 0 Å². The molecule has 0 spiro atoms. The van der Waals surface area contributed by atoms with E-state index in [1.165, 1.54) is 0 Å². The Labute approximate surface area is 59.0 Å². The summed E-state index contributed by atoms with van der Waals surface area (Å²) in [7, 11) is 0. The lowest BCUT2D eigenvalue weighted by atomic mass is 10.1. The average Bonchev–Trinajstić information content (AvgIpc) is 2.13. The first kappa shape index (κ1) is 7.28. The van der Waals surface area contributed by atoms with Crippen molar-refractivity contribution >= 4 is 5.97 Å². The van der Waals surface area contributed by atoms with Gasteiger partial charge < -0.3 is 10.2 Å². The summed E-state index contributed by atoms with van der Waals surface area (Å²) in [5, 5.41) is 17.3. The number of carboxylic acid groups (broad SMARTS) is 1. The molecule has 0 saturated heterocycles. The molecule has 2 N–H and O–H groups in total. The molecular weight excluding hydrogens is 132 g/mol. The molecule has 0 aromatic carbocycles. The molecule has 0 bridgehead atoms. The Morgan fingerprint density at radius 2 is 2.30 bits per heavy atom. The summed E-state index contributed by atoms with van der Waals surface area (Å²) in [4.78, 5) is 10.1. The summed E-state index contributed by atoms with van der Waals surface area (Å²) < 4.78 is 0. The fourth-order valence-electron chi connectivity index (χ4n) is 1.13. The fraction of sp³-hybridized carbons (Fsp3) is 0.571. The van der Waals surface area contributed by atoms with Gasteiger partial charge in [-0.15, -0.1) is 0 Å². The summed E-state index contributed by atoms with van der Waals surface area (Å²) in [6, 6.07) is 0. The molecule has 1 aliphatic carbocycles. The van der Waals surface area contributed by atoms with E-state index in [9.17, 15) is 4.79 Å². The largest absolute Gasteiger partial charge is 0.481 e. The van der Waals surface area contributed by atoms with Crippen LogP contribution in [0.2, 0.25) is 0 Å². The van der Waals surface area contributed by atoms with E-state index < -0.39 is 12.1 Å². The van der Waals surface area contributed by atoms with Gasteiger partial charge >= 0.3 is 5.97 Å². The molecule has 0 amide bonds. The molecule has 1 aliphatic rings. The number of aliphatic hydroxyl groups is 1. The SMILES string of the molecule is O=C(O)C[C@@H]1C=C[C@@H](O)C1. The molecule has 56 valence electrons. The molecule has 0 saturated carbocycles. The first-order valence-corrected chi connectivity index (χ1v) is 3.26. The van der Waals surface area contributed by atoms with Crippen molar-refractivity contribution in [2.24, 2.45) is 5.92 Å². The first-order chi connectivity index (χ1) is 4.68. The van der Waals surface area contributed by atoms with Crippen LogP contribution in [0.3, 0.4) is 0 Å². The van der Waals surface area contributed by atoms with Crippen molar-refractivity contribution in [1.29, 1.82) is 0 Å². The third kappa shape index (κ3) is 1.84. The second-order valence-corrected chi connectivity index (χ2v) is 2.55. The summed E-state index contributed by atoms with van der Waals surface area (Å²) in [5.41, 5.74) is 0. The summed E-state index contributed by atoms with van der Waals surface area (Å²) in [6.45, 7) is 0. The maximum Gasteiger partial charge on any atom is 0.303 e. The lowest BCUT2D eigenvalue weighted by Crippen LogP contribution is -2.06. The number of allylic oxidation sites excluding steroid dienone is 1. The Hall–Kier alpha value is -0.830. The van der Waals surface area contributed by atoms with Crippen molar-refractivity contribution < 1.29 is 15.0 Å². The number of rotatable bonds is 2. The smallest absolute Gasteiger partial charge is 0.303 e. The van der Waals surface area contributed by atoms with E-state index in [-0.39, 0.29) is 12.3 Å². The molecular formula is C7H10O3. The molecule has 10 heavy (non-hydrogen) atoms. The van der Waals surface area contributed by atoms with Crippen molar-refractivity contribution in [3.8, 4) is 0 Å². The summed E-state index contributed by atoms with van der Waals surface area (Å²) in [5.74, 6) is -0.767. The number of hydrogen-bond donors (Lipinski definition) is 2. The maximum atomic E-state index is 10.1. The molecule has 0 radical (unpaired) electrons. The van der Waals surface area contributed by atoms with Gasteiger partial charge in [0.2, 0.25) is 0 Å². The van der Waals surface area contributed by atoms with E-state index in [0.29, 0.717) is 6.42 Å². The highest BCUT2D eigenvalue weighted by Crippen LogP contribution is 2.20. The summed E-state index contributed by atoms with van der Waals surface area (Å²) in [6.07, 6.45) is 3.68. The van der Waals surface area contributed by atoms with Crippen molar-refractivity contribution in [3.05, 3.63) is 12.2 Å². The average molecular weight is 142 g/mol. The normalized spacial score (nSPS) is 30.9. The van der Waals surface area contributed by atoms with Crippen molar-refractivity contribution in [2.75, 3.05) is 0 Å². The highest BCUT2D eigenvalue weighted by atomic mass is 16.4. The second-order valence-electron chi connectivity index (χ2n) is 2.55. The van der Waals surface area contributed by atoms with Gasteiger partial charge in [0.15, 0.2) is 0 Å². The van der Waals surface area contributed by atoms with Gasteiger partial charge in [-0.05, 0) is 12.3 Å². The van der Waals surface area contributed by atoms with Crippen molar-refractivity contribution in [3.63, 3.8) is 0 Å². The predicted molar refractivity (Wildman–Crippen MR) is 35.5 cm³/mol. The van der Waals surface area contributed by atoms with Gasteiger partial charge in [-0.1, -0.05) is 12.2 Å². The first-order valence-electron chi connectivity index (χ1n) is 3.26. The molecule has 1 rings (SSSR count). The third-order valence-corrected chi connectivity index (χ3v) is 1.59. The van der Waals surface area contributed by atoms with Gasteiger partial charge in [0, 0.05) is 0 Å². The van der Waals surface area contributed by atoms with Crippen LogP contribution in [-0.4, -0.2) is 22.3 Å². The van der Waals surface area contributed by atoms with Crippen LogP contribution in [0.15, 0.2) is 12.2 Å². The number of aliphatic carboxylic acids is 1. The number of carbonyl (C=O) groups is 1. The number of carboxylic acids is 1. The van der Waals surface area contributed by atoms with Crippen LogP contribution in [0.1, 0.15) is 12.8 Å². The Kier molecular flexibility index (Phi) is 2.06. The molecule has 0 heterocycles. The van der Waals surface area contributed by atoms with E-state index in [2.05, 4.69) is 0 Å². The predicted octanol–water partition coefficient (Wildman–Crippen LogP) is 0.398. The fourth-order valence-corrected chi connectivity index (χ4v) is 1.13. The Bertz CT molecular complexity index is 162. The molecule has 0 fully saturated rings. The van der Waals surface area contributed by atoms with E-state index in [0.717, 1.165) is 0 Å². The van der Waals surface area contributed by atoms with Crippen LogP contribution in [0.4, 0.5) is 0 Å². The second kappa shape index (κ2) is 2.84. The van der Waals surface area contributed by atoms with E-state index in [1.54, 1.807) is 12.2 Å². The lowest BCUT2D eigenvalue weighted by molar-refractivity contribution is -0.137. The van der Waals surface area contributed by atoms with Crippen LogP contribution >= 0.6 is 0 Å². The highest BCUT2D eigenvalue weighted by molar-refractivity contribution is 5.67.